The van der Waals surface area contributed by atoms with E-state index >= 15 is 0 Å². The first-order valence-electron chi connectivity index (χ1n) is 18.0. The van der Waals surface area contributed by atoms with Gasteiger partial charge in [-0.25, -0.2) is 17.6 Å². The van der Waals surface area contributed by atoms with Crippen LogP contribution in [0.1, 0.15) is 49.9 Å². The van der Waals surface area contributed by atoms with Crippen LogP contribution in [0, 0.1) is 23.3 Å². The Morgan fingerprint density at radius 3 is 1.15 bits per heavy atom. The van der Waals surface area contributed by atoms with Gasteiger partial charge in [-0.1, -0.05) is 64.1 Å². The highest BCUT2D eigenvalue weighted by atomic mass is 19.1. The van der Waals surface area contributed by atoms with Gasteiger partial charge in [0.25, 0.3) is 0 Å². The van der Waals surface area contributed by atoms with Gasteiger partial charge in [-0.05, 0) is 116 Å². The number of benzene rings is 7. The lowest BCUT2D eigenvalue weighted by atomic mass is 9.78. The zero-order valence-corrected chi connectivity index (χ0v) is 29.7. The molecule has 9 aromatic rings. The van der Waals surface area contributed by atoms with E-state index in [0.29, 0.717) is 44.6 Å². The van der Waals surface area contributed by atoms with Gasteiger partial charge in [-0.2, -0.15) is 0 Å². The summed E-state index contributed by atoms with van der Waals surface area (Å²) < 4.78 is 72.4. The quantitative estimate of drug-likeness (QED) is 0.167. The van der Waals surface area contributed by atoms with Gasteiger partial charge in [0.15, 0.2) is 0 Å². The van der Waals surface area contributed by atoms with Crippen molar-refractivity contribution < 1.29 is 26.4 Å². The first-order valence-corrected chi connectivity index (χ1v) is 18.0. The lowest BCUT2D eigenvalue weighted by Gasteiger charge is -2.24. The molecule has 0 saturated heterocycles. The van der Waals surface area contributed by atoms with E-state index in [2.05, 4.69) is 52.0 Å². The topological polar surface area (TPSA) is 26.3 Å². The Bertz CT molecular complexity index is 2910. The third kappa shape index (κ3) is 4.00. The van der Waals surface area contributed by atoms with Gasteiger partial charge in [0, 0.05) is 55.6 Å². The maximum Gasteiger partial charge on any atom is 0.144 e. The van der Waals surface area contributed by atoms with E-state index in [1.54, 1.807) is 0 Å². The Kier molecular flexibility index (Phi) is 5.98. The van der Waals surface area contributed by atoms with Gasteiger partial charge in [-0.15, -0.1) is 0 Å². The molecule has 6 heteroatoms. The first-order chi connectivity index (χ1) is 25.9. The molecule has 2 aliphatic rings. The van der Waals surface area contributed by atoms with Crippen molar-refractivity contribution in [1.82, 2.24) is 0 Å². The van der Waals surface area contributed by atoms with Crippen LogP contribution >= 0.6 is 0 Å². The summed E-state index contributed by atoms with van der Waals surface area (Å²) >= 11 is 0. The van der Waals surface area contributed by atoms with Crippen molar-refractivity contribution in [2.45, 2.75) is 38.5 Å². The molecule has 0 bridgehead atoms. The second-order valence-electron chi connectivity index (χ2n) is 15.8. The van der Waals surface area contributed by atoms with Crippen molar-refractivity contribution in [3.05, 3.63) is 155 Å². The average Bonchev–Trinajstić information content (AvgIpc) is 3.82. The fraction of sp³-hybridized carbons (Fsp3) is 0.125. The number of para-hydroxylation sites is 2. The van der Waals surface area contributed by atoms with Crippen LogP contribution in [0.3, 0.4) is 0 Å². The fourth-order valence-electron chi connectivity index (χ4n) is 9.53. The molecule has 2 heterocycles. The SMILES string of the molecule is CC1(C)c2cc3c(cc2-c2c1cc(-c1cc(F)cc(F)c1)c1c2oc2ccccc21)C(C)(C)c1cc(-c2cc(F)cc(F)c2)c2c(oc4ccccc42)c1-3. The van der Waals surface area contributed by atoms with Crippen molar-refractivity contribution in [3.8, 4) is 44.5 Å². The molecule has 0 N–H and O–H groups in total. The van der Waals surface area contributed by atoms with Gasteiger partial charge in [0.05, 0.1) is 0 Å². The van der Waals surface area contributed by atoms with Gasteiger partial charge >= 0.3 is 0 Å². The molecule has 2 aromatic heterocycles. The molecular weight excluding hydrogens is 685 g/mol. The van der Waals surface area contributed by atoms with Crippen LogP contribution in [0.25, 0.3) is 88.4 Å². The Labute approximate surface area is 307 Å². The van der Waals surface area contributed by atoms with Crippen molar-refractivity contribution in [3.63, 3.8) is 0 Å². The molecule has 0 fully saturated rings. The zero-order chi connectivity index (χ0) is 37.0. The molecule has 0 radical (unpaired) electrons. The number of halogens is 4. The molecule has 54 heavy (non-hydrogen) atoms. The molecule has 0 saturated carbocycles. The Hall–Kier alpha value is -6.14. The van der Waals surface area contributed by atoms with Crippen molar-refractivity contribution >= 4 is 43.9 Å². The summed E-state index contributed by atoms with van der Waals surface area (Å²) in [6.45, 7) is 8.70. The van der Waals surface area contributed by atoms with Crippen LogP contribution in [0.4, 0.5) is 17.6 Å². The fourth-order valence-corrected chi connectivity index (χ4v) is 9.53. The molecule has 11 rings (SSSR count). The summed E-state index contributed by atoms with van der Waals surface area (Å²) in [5, 5.41) is 3.33. The van der Waals surface area contributed by atoms with Crippen LogP contribution in [-0.4, -0.2) is 0 Å². The van der Waals surface area contributed by atoms with Gasteiger partial charge in [-0.3, -0.25) is 0 Å². The predicted molar refractivity (Wildman–Crippen MR) is 207 cm³/mol. The van der Waals surface area contributed by atoms with Crippen LogP contribution < -0.4 is 0 Å². The van der Waals surface area contributed by atoms with Crippen molar-refractivity contribution in [2.24, 2.45) is 0 Å². The molecule has 0 atom stereocenters. The Balaban J connectivity index is 1.23. The smallest absolute Gasteiger partial charge is 0.144 e. The summed E-state index contributed by atoms with van der Waals surface area (Å²) in [5.74, 6) is -2.58. The minimum absolute atomic E-state index is 0.442. The summed E-state index contributed by atoms with van der Waals surface area (Å²) in [5.41, 5.74) is 12.1. The molecule has 2 nitrogen and oxygen atoms in total. The number of furan rings is 2. The summed E-state index contributed by atoms with van der Waals surface area (Å²) in [6.07, 6.45) is 0. The average molecular weight is 715 g/mol. The van der Waals surface area contributed by atoms with E-state index in [9.17, 15) is 17.6 Å². The highest BCUT2D eigenvalue weighted by Gasteiger charge is 2.45. The number of fused-ring (bicyclic) bond motifs is 14. The minimum atomic E-state index is -0.645. The van der Waals surface area contributed by atoms with Crippen LogP contribution in [0.5, 0.6) is 0 Å². The third-order valence-electron chi connectivity index (χ3n) is 12.0. The highest BCUT2D eigenvalue weighted by Crippen LogP contribution is 2.61. The second kappa shape index (κ2) is 10.3. The molecular formula is C48H30F4O2. The highest BCUT2D eigenvalue weighted by molar-refractivity contribution is 6.20. The molecule has 0 unspecified atom stereocenters. The largest absolute Gasteiger partial charge is 0.455 e. The number of rotatable bonds is 2. The molecule has 262 valence electrons. The first kappa shape index (κ1) is 31.4. The zero-order valence-electron chi connectivity index (χ0n) is 29.7. The second-order valence-corrected chi connectivity index (χ2v) is 15.8. The van der Waals surface area contributed by atoms with Crippen LogP contribution in [-0.2, 0) is 10.8 Å². The molecule has 2 aliphatic carbocycles. The van der Waals surface area contributed by atoms with E-state index in [1.165, 1.54) is 24.3 Å². The summed E-state index contributed by atoms with van der Waals surface area (Å²) in [7, 11) is 0. The van der Waals surface area contributed by atoms with Gasteiger partial charge in [0.2, 0.25) is 0 Å². The lowest BCUT2D eigenvalue weighted by molar-refractivity contribution is 0.583. The molecule has 0 spiro atoms. The molecule has 7 aromatic carbocycles. The standard InChI is InChI=1S/C48H30F4O2/c1-47(2)35-21-34-36(22-33(35)43-37(47)19-31(23-13-25(49)17-26(50)14-23)41-29-9-5-7-11-39(29)53-45(41)43)48(3,4)38-20-32(24-15-27(51)18-28(52)16-24)42-30-10-6-8-12-40(30)54-46(42)44(34)38/h5-22H,1-4H3. The predicted octanol–water partition coefficient (Wildman–Crippen LogP) is 14.0. The van der Waals surface area contributed by atoms with E-state index in [4.69, 9.17) is 8.83 Å². The molecule has 0 aliphatic heterocycles. The summed E-state index contributed by atoms with van der Waals surface area (Å²) in [4.78, 5) is 0. The normalized spacial score (nSPS) is 15.0. The van der Waals surface area contributed by atoms with E-state index in [0.717, 1.165) is 78.2 Å². The monoisotopic (exact) mass is 714 g/mol. The number of hydrogen-bond acceptors (Lipinski definition) is 2. The van der Waals surface area contributed by atoms with Gasteiger partial charge in [0.1, 0.15) is 45.6 Å². The Morgan fingerprint density at radius 1 is 0.407 bits per heavy atom. The van der Waals surface area contributed by atoms with Crippen molar-refractivity contribution in [2.75, 3.05) is 0 Å². The molecule has 0 amide bonds. The summed E-state index contributed by atoms with van der Waals surface area (Å²) in [6, 6.07) is 31.5. The van der Waals surface area contributed by atoms with Crippen LogP contribution in [0.15, 0.2) is 118 Å². The lowest BCUT2D eigenvalue weighted by Crippen LogP contribution is -2.17. The third-order valence-corrected chi connectivity index (χ3v) is 12.0. The van der Waals surface area contributed by atoms with Gasteiger partial charge < -0.3 is 8.83 Å². The van der Waals surface area contributed by atoms with E-state index in [1.807, 2.05) is 48.5 Å². The van der Waals surface area contributed by atoms with E-state index < -0.39 is 34.1 Å². The van der Waals surface area contributed by atoms with E-state index in [-0.39, 0.29) is 0 Å². The van der Waals surface area contributed by atoms with Crippen LogP contribution in [0.2, 0.25) is 0 Å². The van der Waals surface area contributed by atoms with Crippen molar-refractivity contribution in [1.29, 1.82) is 0 Å². The number of hydrogen-bond donors (Lipinski definition) is 0. The minimum Gasteiger partial charge on any atom is -0.455 e. The maximum atomic E-state index is 14.8. The maximum absolute atomic E-state index is 14.8. The Morgan fingerprint density at radius 2 is 0.759 bits per heavy atom.